The van der Waals surface area contributed by atoms with Crippen molar-refractivity contribution < 1.29 is 57.6 Å². The van der Waals surface area contributed by atoms with Crippen LogP contribution < -0.4 is 21.2 Å². The van der Waals surface area contributed by atoms with Gasteiger partial charge in [0.2, 0.25) is 0 Å². The maximum Gasteiger partial charge on any atom is 0.00405 e. The Hall–Kier alpha value is -1.62. The molecule has 0 aromatic heterocycles. The zero-order valence-corrected chi connectivity index (χ0v) is 33.3. The molecule has 9 heteroatoms. The maximum atomic E-state index is 7.50. The summed E-state index contributed by atoms with van der Waals surface area (Å²) in [6.07, 6.45) is 0. The van der Waals surface area contributed by atoms with Crippen molar-refractivity contribution in [2.24, 2.45) is 0 Å². The fraction of sp³-hybridized carbons (Fsp3) is 0.243. The second-order valence-electron chi connectivity index (χ2n) is 11.0. The fourth-order valence-electron chi connectivity index (χ4n) is 4.32. The molecular formula is C37H41O4P3Ru2. The minimum atomic E-state index is -0.409. The molecule has 0 aliphatic heterocycles. The summed E-state index contributed by atoms with van der Waals surface area (Å²) in [4.78, 5) is 0. The predicted octanol–water partition coefficient (Wildman–Crippen LogP) is 8.32. The van der Waals surface area contributed by atoms with Crippen LogP contribution in [0, 0.1) is 26.6 Å². The van der Waals surface area contributed by atoms with Crippen LogP contribution in [0.15, 0.2) is 121 Å². The van der Waals surface area contributed by atoms with E-state index >= 15 is 0 Å². The van der Waals surface area contributed by atoms with Gasteiger partial charge < -0.3 is 0 Å². The van der Waals surface area contributed by atoms with Gasteiger partial charge in [-0.25, -0.2) is 0 Å². The SMILES string of the molecule is CC(C)(C)PC(C)(C)C.[C-]#[O+].[C-]#[O+].[C-]#[O+].[C-]#[O+].[Ru].[Ru].c1ccc(P(CP(c2ccccc2)c2ccccc2)c2ccccc2)cc1. The Kier molecular flexibility index (Phi) is 34.2. The van der Waals surface area contributed by atoms with Crippen LogP contribution in [0.2, 0.25) is 0 Å². The smallest absolute Gasteiger partial charge is 0.00405 e. The first-order valence-electron chi connectivity index (χ1n) is 13.5. The van der Waals surface area contributed by atoms with Crippen molar-refractivity contribution in [3.63, 3.8) is 0 Å². The summed E-state index contributed by atoms with van der Waals surface area (Å²) in [6, 6.07) is 44.1. The quantitative estimate of drug-likeness (QED) is 0.0811. The van der Waals surface area contributed by atoms with E-state index in [1.165, 1.54) is 27.1 Å². The molecule has 0 aliphatic carbocycles. The van der Waals surface area contributed by atoms with Crippen LogP contribution in [0.4, 0.5) is 0 Å². The van der Waals surface area contributed by atoms with Crippen LogP contribution in [-0.2, 0) is 57.6 Å². The Balaban J connectivity index is -0.000000396. The van der Waals surface area contributed by atoms with E-state index in [0.717, 1.165) is 8.58 Å². The number of benzene rings is 4. The number of hydrogen-bond acceptors (Lipinski definition) is 0. The third-order valence-electron chi connectivity index (χ3n) is 5.30. The summed E-state index contributed by atoms with van der Waals surface area (Å²) in [5.74, 6) is 1.17. The Labute approximate surface area is 307 Å². The van der Waals surface area contributed by atoms with Gasteiger partial charge in [0.25, 0.3) is 0 Å². The largest absolute Gasteiger partial charge is 0.0622 e. The molecule has 46 heavy (non-hydrogen) atoms. The zero-order valence-electron chi connectivity index (χ0n) is 27.0. The van der Waals surface area contributed by atoms with Gasteiger partial charge in [0.05, 0.1) is 0 Å². The van der Waals surface area contributed by atoms with E-state index in [2.05, 4.69) is 189 Å². The molecule has 244 valence electrons. The standard InChI is InChI=1S/C25H22P2.C8H19P.4CO.2Ru/c1-5-13-22(14-6-1)26(23-15-7-2-8-16-23)21-27(24-17-9-3-10-18-24)25-19-11-4-12-20-25;1-7(2,3)9-8(4,5)6;4*1-2;;/h1-20H,21H2;9H,1-6H3;;;;;;. The van der Waals surface area contributed by atoms with Gasteiger partial charge in [-0.1, -0.05) is 163 Å². The molecule has 4 rings (SSSR count). The Morgan fingerprint density at radius 3 is 0.717 bits per heavy atom. The topological polar surface area (TPSA) is 79.6 Å². The molecule has 0 bridgehead atoms. The van der Waals surface area contributed by atoms with E-state index in [1.54, 1.807) is 0 Å². The van der Waals surface area contributed by atoms with Crippen LogP contribution in [0.1, 0.15) is 41.5 Å². The van der Waals surface area contributed by atoms with Gasteiger partial charge in [-0.05, 0) is 47.4 Å². The Morgan fingerprint density at radius 1 is 0.413 bits per heavy atom. The van der Waals surface area contributed by atoms with Crippen molar-refractivity contribution in [3.05, 3.63) is 148 Å². The molecular weight excluding hydrogens is 803 g/mol. The van der Waals surface area contributed by atoms with Crippen molar-refractivity contribution in [3.8, 4) is 0 Å². The van der Waals surface area contributed by atoms with E-state index in [-0.39, 0.29) is 39.0 Å². The summed E-state index contributed by atoms with van der Waals surface area (Å²) in [5, 5.41) is 6.85. The first-order valence-corrected chi connectivity index (χ1v) is 17.5. The third-order valence-corrected chi connectivity index (χ3v) is 12.8. The summed E-state index contributed by atoms with van der Waals surface area (Å²) >= 11 is 0. The van der Waals surface area contributed by atoms with Crippen molar-refractivity contribution in [2.45, 2.75) is 51.9 Å². The van der Waals surface area contributed by atoms with Gasteiger partial charge in [-0.2, -0.15) is 0 Å². The third kappa shape index (κ3) is 22.8. The molecule has 0 saturated carbocycles. The summed E-state index contributed by atoms with van der Waals surface area (Å²) < 4.78 is 30.0. The molecule has 4 aromatic rings. The average Bonchev–Trinajstić information content (AvgIpc) is 3.06. The summed E-state index contributed by atoms with van der Waals surface area (Å²) in [5.41, 5.74) is 0. The van der Waals surface area contributed by atoms with Gasteiger partial charge in [-0.15, -0.1) is 8.58 Å². The summed E-state index contributed by atoms with van der Waals surface area (Å²) in [7, 11) is 0.234. The van der Waals surface area contributed by atoms with Crippen molar-refractivity contribution in [1.29, 1.82) is 0 Å². The minimum absolute atomic E-state index is 0. The van der Waals surface area contributed by atoms with Gasteiger partial charge >= 0.3 is 45.2 Å². The van der Waals surface area contributed by atoms with E-state index in [9.17, 15) is 0 Å². The van der Waals surface area contributed by atoms with Crippen molar-refractivity contribution >= 4 is 45.6 Å². The molecule has 4 aromatic carbocycles. The van der Waals surface area contributed by atoms with Crippen LogP contribution in [0.5, 0.6) is 0 Å². The first kappa shape index (κ1) is 51.2. The average molecular weight is 845 g/mol. The van der Waals surface area contributed by atoms with Gasteiger partial charge in [0.1, 0.15) is 0 Å². The zero-order chi connectivity index (χ0) is 34.0. The maximum absolute atomic E-state index is 7.50. The molecule has 0 spiro atoms. The normalized spacial score (nSPS) is 9.39. The molecule has 4 nitrogen and oxygen atoms in total. The summed E-state index contributed by atoms with van der Waals surface area (Å²) in [6.45, 7) is 31.8. The van der Waals surface area contributed by atoms with E-state index in [4.69, 9.17) is 18.6 Å². The molecule has 0 amide bonds. The Morgan fingerprint density at radius 2 is 0.587 bits per heavy atom. The van der Waals surface area contributed by atoms with E-state index in [1.807, 2.05) is 0 Å². The van der Waals surface area contributed by atoms with Gasteiger partial charge in [-0.3, -0.25) is 0 Å². The van der Waals surface area contributed by atoms with Crippen molar-refractivity contribution in [2.75, 3.05) is 5.90 Å². The number of hydrogen-bond donors (Lipinski definition) is 0. The van der Waals surface area contributed by atoms with E-state index < -0.39 is 15.8 Å². The molecule has 0 atom stereocenters. The minimum Gasteiger partial charge on any atom is -0.0622 e. The molecule has 0 heterocycles. The van der Waals surface area contributed by atoms with Crippen LogP contribution in [0.3, 0.4) is 0 Å². The fourth-order valence-corrected chi connectivity index (χ4v) is 13.0. The molecule has 0 radical (unpaired) electrons. The monoisotopic (exact) mass is 846 g/mol. The van der Waals surface area contributed by atoms with Gasteiger partial charge in [0.15, 0.2) is 0 Å². The Bertz CT molecular complexity index is 1140. The molecule has 0 aliphatic rings. The van der Waals surface area contributed by atoms with Crippen molar-refractivity contribution in [1.82, 2.24) is 0 Å². The first-order chi connectivity index (χ1) is 21.1. The second-order valence-corrected chi connectivity index (χ2v) is 19.1. The number of rotatable bonds is 6. The predicted molar refractivity (Wildman–Crippen MR) is 187 cm³/mol. The van der Waals surface area contributed by atoms with Crippen LogP contribution in [-0.4, -0.2) is 16.2 Å². The molecule has 0 unspecified atom stereocenters. The van der Waals surface area contributed by atoms with Crippen LogP contribution >= 0.6 is 24.4 Å². The molecule has 0 saturated heterocycles. The van der Waals surface area contributed by atoms with Gasteiger partial charge in [0, 0.05) is 44.9 Å². The molecule has 0 N–H and O–H groups in total. The van der Waals surface area contributed by atoms with E-state index in [0.29, 0.717) is 10.3 Å². The molecule has 0 fully saturated rings. The van der Waals surface area contributed by atoms with Crippen LogP contribution in [0.25, 0.3) is 0 Å². The second kappa shape index (κ2) is 30.7.